The van der Waals surface area contributed by atoms with Crippen molar-refractivity contribution in [2.24, 2.45) is 4.99 Å². The first kappa shape index (κ1) is 25.0. The smallest absolute Gasteiger partial charge is 0.401 e. The van der Waals surface area contributed by atoms with Crippen molar-refractivity contribution in [2.45, 2.75) is 45.6 Å². The number of nitrogens with one attached hydrogen (secondary N) is 2. The van der Waals surface area contributed by atoms with Gasteiger partial charge in [0.1, 0.15) is 5.75 Å². The van der Waals surface area contributed by atoms with Crippen LogP contribution in [0.1, 0.15) is 38.9 Å². The highest BCUT2D eigenvalue weighted by atomic mass is 19.4. The van der Waals surface area contributed by atoms with E-state index in [1.165, 1.54) is 11.9 Å². The van der Waals surface area contributed by atoms with Crippen LogP contribution in [-0.2, 0) is 0 Å². The maximum Gasteiger partial charge on any atom is 0.401 e. The summed E-state index contributed by atoms with van der Waals surface area (Å²) in [6.45, 7) is 6.43. The first-order valence-corrected chi connectivity index (χ1v) is 9.83. The first-order valence-electron chi connectivity index (χ1n) is 9.83. The van der Waals surface area contributed by atoms with Crippen molar-refractivity contribution in [1.29, 1.82) is 0 Å². The van der Waals surface area contributed by atoms with Crippen LogP contribution in [0.3, 0.4) is 0 Å². The largest absolute Gasteiger partial charge is 0.491 e. The molecule has 0 aliphatic rings. The van der Waals surface area contributed by atoms with Crippen molar-refractivity contribution in [3.05, 3.63) is 29.8 Å². The standard InChI is InChI=1S/C20H33F3N4O2/c1-5-24-19(25-10-7-11-27(4)14-20(21,22)23)26-13-18(28)16-8-6-9-17(12-16)29-15(2)3/h6,8-9,12,15,18,28H,5,7,10-11,13-14H2,1-4H3,(H2,24,25,26). The van der Waals surface area contributed by atoms with Gasteiger partial charge in [-0.15, -0.1) is 0 Å². The van der Waals surface area contributed by atoms with Crippen LogP contribution in [0.4, 0.5) is 13.2 Å². The summed E-state index contributed by atoms with van der Waals surface area (Å²) in [5, 5.41) is 16.6. The molecule has 29 heavy (non-hydrogen) atoms. The van der Waals surface area contributed by atoms with Crippen LogP contribution in [0.25, 0.3) is 0 Å². The van der Waals surface area contributed by atoms with E-state index in [1.807, 2.05) is 39.0 Å². The van der Waals surface area contributed by atoms with Gasteiger partial charge in [0.2, 0.25) is 0 Å². The molecule has 1 atom stereocenters. The van der Waals surface area contributed by atoms with Gasteiger partial charge in [-0.25, -0.2) is 0 Å². The minimum Gasteiger partial charge on any atom is -0.491 e. The Kier molecular flexibility index (Phi) is 10.8. The lowest BCUT2D eigenvalue weighted by atomic mass is 10.1. The van der Waals surface area contributed by atoms with E-state index in [1.54, 1.807) is 6.07 Å². The van der Waals surface area contributed by atoms with Crippen molar-refractivity contribution in [2.75, 3.05) is 39.8 Å². The Bertz CT molecular complexity index is 624. The molecule has 6 nitrogen and oxygen atoms in total. The van der Waals surface area contributed by atoms with E-state index in [9.17, 15) is 18.3 Å². The summed E-state index contributed by atoms with van der Waals surface area (Å²) in [4.78, 5) is 5.60. The third-order valence-electron chi connectivity index (χ3n) is 3.84. The molecule has 0 aliphatic heterocycles. The second-order valence-corrected chi connectivity index (χ2v) is 7.11. The van der Waals surface area contributed by atoms with Gasteiger partial charge < -0.3 is 20.5 Å². The number of nitrogens with zero attached hydrogens (tertiary/aromatic N) is 2. The van der Waals surface area contributed by atoms with E-state index in [4.69, 9.17) is 4.74 Å². The molecule has 0 aromatic heterocycles. The number of rotatable bonds is 11. The van der Waals surface area contributed by atoms with Crippen molar-refractivity contribution >= 4 is 5.96 Å². The Morgan fingerprint density at radius 2 is 2.00 bits per heavy atom. The van der Waals surface area contributed by atoms with Gasteiger partial charge in [-0.3, -0.25) is 9.89 Å². The molecule has 3 N–H and O–H groups in total. The molecule has 1 unspecified atom stereocenters. The third kappa shape index (κ3) is 11.6. The van der Waals surface area contributed by atoms with Gasteiger partial charge in [-0.2, -0.15) is 13.2 Å². The average Bonchev–Trinajstić information content (AvgIpc) is 2.61. The Hall–Kier alpha value is -2.00. The van der Waals surface area contributed by atoms with Crippen LogP contribution in [0.5, 0.6) is 5.75 Å². The van der Waals surface area contributed by atoms with E-state index in [2.05, 4.69) is 15.6 Å². The van der Waals surface area contributed by atoms with Crippen molar-refractivity contribution < 1.29 is 23.0 Å². The number of alkyl halides is 3. The molecule has 0 amide bonds. The van der Waals surface area contributed by atoms with Gasteiger partial charge in [0.15, 0.2) is 5.96 Å². The number of aliphatic hydroxyl groups is 1. The first-order chi connectivity index (χ1) is 13.6. The minimum atomic E-state index is -4.19. The van der Waals surface area contributed by atoms with Crippen LogP contribution in [0.2, 0.25) is 0 Å². The fourth-order valence-electron chi connectivity index (χ4n) is 2.63. The topological polar surface area (TPSA) is 69.1 Å². The monoisotopic (exact) mass is 418 g/mol. The number of aliphatic hydroxyl groups excluding tert-OH is 1. The number of benzene rings is 1. The molecule has 0 aliphatic carbocycles. The lowest BCUT2D eigenvalue weighted by molar-refractivity contribution is -0.143. The molecule has 0 fully saturated rings. The van der Waals surface area contributed by atoms with Crippen molar-refractivity contribution in [3.8, 4) is 5.75 Å². The minimum absolute atomic E-state index is 0.0418. The van der Waals surface area contributed by atoms with Crippen LogP contribution in [0, 0.1) is 0 Å². The molecular weight excluding hydrogens is 385 g/mol. The summed E-state index contributed by atoms with van der Waals surface area (Å²) in [5.74, 6) is 1.20. The van der Waals surface area contributed by atoms with Crippen LogP contribution < -0.4 is 15.4 Å². The molecule has 0 radical (unpaired) electrons. The molecule has 0 spiro atoms. The van der Waals surface area contributed by atoms with Gasteiger partial charge in [-0.1, -0.05) is 12.1 Å². The molecule has 1 rings (SSSR count). The van der Waals surface area contributed by atoms with E-state index in [0.29, 0.717) is 43.3 Å². The molecule has 9 heteroatoms. The predicted molar refractivity (Wildman–Crippen MR) is 109 cm³/mol. The maximum absolute atomic E-state index is 12.3. The highest BCUT2D eigenvalue weighted by Crippen LogP contribution is 2.20. The van der Waals surface area contributed by atoms with E-state index in [0.717, 1.165) is 0 Å². The molecule has 0 bridgehead atoms. The number of ether oxygens (including phenoxy) is 1. The molecule has 0 heterocycles. The lowest BCUT2D eigenvalue weighted by Crippen LogP contribution is -2.39. The predicted octanol–water partition coefficient (Wildman–Crippen LogP) is 2.95. The number of hydrogen-bond acceptors (Lipinski definition) is 4. The number of hydrogen-bond donors (Lipinski definition) is 3. The molecular formula is C20H33F3N4O2. The summed E-state index contributed by atoms with van der Waals surface area (Å²) >= 11 is 0. The SMILES string of the molecule is CCNC(=NCC(O)c1cccc(OC(C)C)c1)NCCCN(C)CC(F)(F)F. The zero-order valence-electron chi connectivity index (χ0n) is 17.6. The maximum atomic E-state index is 12.3. The second kappa shape index (κ2) is 12.5. The van der Waals surface area contributed by atoms with E-state index < -0.39 is 18.8 Å². The fraction of sp³-hybridized carbons (Fsp3) is 0.650. The highest BCUT2D eigenvalue weighted by Gasteiger charge is 2.28. The Morgan fingerprint density at radius 1 is 1.28 bits per heavy atom. The zero-order valence-corrected chi connectivity index (χ0v) is 17.6. The van der Waals surface area contributed by atoms with Gasteiger partial charge in [0.05, 0.1) is 25.3 Å². The van der Waals surface area contributed by atoms with Gasteiger partial charge in [0.25, 0.3) is 0 Å². The molecule has 0 saturated heterocycles. The van der Waals surface area contributed by atoms with Gasteiger partial charge in [-0.05, 0) is 58.5 Å². The third-order valence-corrected chi connectivity index (χ3v) is 3.84. The Morgan fingerprint density at radius 3 is 2.62 bits per heavy atom. The molecule has 166 valence electrons. The highest BCUT2D eigenvalue weighted by molar-refractivity contribution is 5.79. The van der Waals surface area contributed by atoms with Crippen LogP contribution in [-0.4, -0.2) is 68.0 Å². The average molecular weight is 419 g/mol. The van der Waals surface area contributed by atoms with E-state index >= 15 is 0 Å². The second-order valence-electron chi connectivity index (χ2n) is 7.11. The van der Waals surface area contributed by atoms with Gasteiger partial charge >= 0.3 is 6.18 Å². The van der Waals surface area contributed by atoms with Crippen LogP contribution >= 0.6 is 0 Å². The summed E-state index contributed by atoms with van der Waals surface area (Å²) in [6.07, 6.45) is -4.40. The molecule has 1 aromatic rings. The van der Waals surface area contributed by atoms with E-state index in [-0.39, 0.29) is 12.6 Å². The Labute approximate surface area is 171 Å². The number of aliphatic imine (C=N–C) groups is 1. The molecule has 1 aromatic carbocycles. The lowest BCUT2D eigenvalue weighted by Gasteiger charge is -2.19. The summed E-state index contributed by atoms with van der Waals surface area (Å²) < 4.78 is 42.6. The molecule has 0 saturated carbocycles. The van der Waals surface area contributed by atoms with Crippen molar-refractivity contribution in [3.63, 3.8) is 0 Å². The normalized spacial score (nSPS) is 13.7. The Balaban J connectivity index is 2.52. The summed E-state index contributed by atoms with van der Waals surface area (Å²) in [7, 11) is 1.44. The zero-order chi connectivity index (χ0) is 21.9. The van der Waals surface area contributed by atoms with Gasteiger partial charge in [0, 0.05) is 13.1 Å². The number of halogens is 3. The van der Waals surface area contributed by atoms with Crippen molar-refractivity contribution in [1.82, 2.24) is 15.5 Å². The summed E-state index contributed by atoms with van der Waals surface area (Å²) in [6, 6.07) is 7.25. The number of guanidine groups is 1. The fourth-order valence-corrected chi connectivity index (χ4v) is 2.63. The summed E-state index contributed by atoms with van der Waals surface area (Å²) in [5.41, 5.74) is 0.705. The van der Waals surface area contributed by atoms with Crippen LogP contribution in [0.15, 0.2) is 29.3 Å². The quantitative estimate of drug-likeness (QED) is 0.293.